The van der Waals surface area contributed by atoms with E-state index in [0.717, 1.165) is 71.2 Å². The van der Waals surface area contributed by atoms with E-state index < -0.39 is 0 Å². The second-order valence-electron chi connectivity index (χ2n) is 7.89. The SMILES string of the molecule is c1ccc2c(c1)oc1ccc3oc4c(ccc5c6ccncc6c6nccn6c54)c3c12. The van der Waals surface area contributed by atoms with Gasteiger partial charge in [0.1, 0.15) is 22.4 Å². The van der Waals surface area contributed by atoms with E-state index in [1.807, 2.05) is 61.2 Å². The monoisotopic (exact) mass is 399 g/mol. The Morgan fingerprint density at radius 2 is 1.48 bits per heavy atom. The van der Waals surface area contributed by atoms with Crippen molar-refractivity contribution in [2.45, 2.75) is 0 Å². The molecule has 3 aromatic carbocycles. The number of nitrogens with zero attached hydrogens (tertiary/aromatic N) is 3. The summed E-state index contributed by atoms with van der Waals surface area (Å²) >= 11 is 0. The van der Waals surface area contributed by atoms with Gasteiger partial charge in [0.15, 0.2) is 5.58 Å². The molecule has 0 fully saturated rings. The number of benzene rings is 3. The van der Waals surface area contributed by atoms with Crippen LogP contribution in [0.15, 0.2) is 88.2 Å². The lowest BCUT2D eigenvalue weighted by molar-refractivity contribution is 0.664. The molecule has 5 heteroatoms. The van der Waals surface area contributed by atoms with Gasteiger partial charge in [0.05, 0.1) is 5.52 Å². The molecule has 0 unspecified atom stereocenters. The summed E-state index contributed by atoms with van der Waals surface area (Å²) in [6.07, 6.45) is 7.51. The van der Waals surface area contributed by atoms with Crippen molar-refractivity contribution >= 4 is 71.2 Å². The molecule has 5 aromatic heterocycles. The maximum atomic E-state index is 6.51. The Labute approximate surface area is 174 Å². The molecular formula is C26H13N3O2. The molecule has 8 aromatic rings. The molecule has 144 valence electrons. The number of hydrogen-bond donors (Lipinski definition) is 0. The van der Waals surface area contributed by atoms with Crippen molar-refractivity contribution in [3.05, 3.63) is 79.4 Å². The van der Waals surface area contributed by atoms with E-state index in [2.05, 4.69) is 32.6 Å². The van der Waals surface area contributed by atoms with Gasteiger partial charge in [-0.1, -0.05) is 24.3 Å². The molecule has 0 aliphatic heterocycles. The van der Waals surface area contributed by atoms with E-state index in [1.54, 1.807) is 0 Å². The fraction of sp³-hybridized carbons (Fsp3) is 0. The first-order chi connectivity index (χ1) is 15.4. The highest BCUT2D eigenvalue weighted by molar-refractivity contribution is 6.29. The fourth-order valence-electron chi connectivity index (χ4n) is 5.08. The molecule has 8 rings (SSSR count). The normalized spacial score (nSPS) is 12.5. The van der Waals surface area contributed by atoms with E-state index in [9.17, 15) is 0 Å². The van der Waals surface area contributed by atoms with Gasteiger partial charge in [-0.25, -0.2) is 4.98 Å². The summed E-state index contributed by atoms with van der Waals surface area (Å²) < 4.78 is 14.7. The standard InChI is InChI=1S/C26H13N3O2/c1-2-4-19-16(3-1)22-20(30-19)7-8-21-23(22)17-6-5-15-14-9-10-27-13-18(14)26-28-11-12-29(26)24(15)25(17)31-21/h1-13H. The van der Waals surface area contributed by atoms with Gasteiger partial charge in [0.2, 0.25) is 0 Å². The molecule has 0 atom stereocenters. The number of aromatic nitrogens is 3. The molecule has 5 heterocycles. The van der Waals surface area contributed by atoms with Crippen LogP contribution in [0.3, 0.4) is 0 Å². The van der Waals surface area contributed by atoms with Gasteiger partial charge in [-0.2, -0.15) is 0 Å². The van der Waals surface area contributed by atoms with Crippen LogP contribution < -0.4 is 0 Å². The number of furan rings is 2. The van der Waals surface area contributed by atoms with E-state index in [0.29, 0.717) is 0 Å². The summed E-state index contributed by atoms with van der Waals surface area (Å²) in [5.74, 6) is 0. The number of para-hydroxylation sites is 1. The van der Waals surface area contributed by atoms with Crippen molar-refractivity contribution in [2.24, 2.45) is 0 Å². The quantitative estimate of drug-likeness (QED) is 0.262. The number of pyridine rings is 2. The minimum absolute atomic E-state index is 0.852. The molecule has 0 radical (unpaired) electrons. The zero-order valence-corrected chi connectivity index (χ0v) is 16.2. The van der Waals surface area contributed by atoms with Crippen molar-refractivity contribution in [3.8, 4) is 0 Å². The van der Waals surface area contributed by atoms with Gasteiger partial charge in [0.25, 0.3) is 0 Å². The third-order valence-corrected chi connectivity index (χ3v) is 6.35. The van der Waals surface area contributed by atoms with Crippen LogP contribution >= 0.6 is 0 Å². The molecule has 5 nitrogen and oxygen atoms in total. The predicted molar refractivity (Wildman–Crippen MR) is 123 cm³/mol. The lowest BCUT2D eigenvalue weighted by Crippen LogP contribution is -1.91. The Balaban J connectivity index is 1.69. The lowest BCUT2D eigenvalue weighted by Gasteiger charge is -2.08. The van der Waals surface area contributed by atoms with Crippen LogP contribution in [0.5, 0.6) is 0 Å². The Bertz CT molecular complexity index is 2010. The van der Waals surface area contributed by atoms with Crippen LogP contribution in [-0.4, -0.2) is 14.4 Å². The van der Waals surface area contributed by atoms with Gasteiger partial charge in [-0.15, -0.1) is 0 Å². The van der Waals surface area contributed by atoms with Crippen molar-refractivity contribution in [2.75, 3.05) is 0 Å². The topological polar surface area (TPSA) is 56.5 Å². The first kappa shape index (κ1) is 15.5. The average molecular weight is 399 g/mol. The maximum Gasteiger partial charge on any atom is 0.160 e. The number of fused-ring (bicyclic) bond motifs is 14. The van der Waals surface area contributed by atoms with Crippen LogP contribution in [0.2, 0.25) is 0 Å². The number of imidazole rings is 1. The van der Waals surface area contributed by atoms with Crippen LogP contribution in [-0.2, 0) is 0 Å². The zero-order chi connectivity index (χ0) is 20.1. The van der Waals surface area contributed by atoms with Crippen LogP contribution in [0.25, 0.3) is 71.2 Å². The van der Waals surface area contributed by atoms with Crippen LogP contribution in [0.4, 0.5) is 0 Å². The van der Waals surface area contributed by atoms with Crippen LogP contribution in [0.1, 0.15) is 0 Å². The molecule has 0 bridgehead atoms. The largest absolute Gasteiger partial charge is 0.456 e. The first-order valence-corrected chi connectivity index (χ1v) is 10.2. The molecule has 0 saturated carbocycles. The van der Waals surface area contributed by atoms with E-state index in [1.165, 1.54) is 0 Å². The number of rotatable bonds is 0. The fourth-order valence-corrected chi connectivity index (χ4v) is 5.08. The summed E-state index contributed by atoms with van der Waals surface area (Å²) in [6, 6.07) is 18.5. The van der Waals surface area contributed by atoms with E-state index in [-0.39, 0.29) is 0 Å². The second kappa shape index (κ2) is 5.21. The Kier molecular flexibility index (Phi) is 2.60. The Morgan fingerprint density at radius 1 is 0.645 bits per heavy atom. The lowest BCUT2D eigenvalue weighted by atomic mass is 10.0. The molecule has 0 saturated heterocycles. The second-order valence-corrected chi connectivity index (χ2v) is 7.89. The molecular weight excluding hydrogens is 386 g/mol. The Hall–Kier alpha value is -4.38. The third-order valence-electron chi connectivity index (χ3n) is 6.35. The summed E-state index contributed by atoms with van der Waals surface area (Å²) in [4.78, 5) is 8.92. The number of hydrogen-bond acceptors (Lipinski definition) is 4. The van der Waals surface area contributed by atoms with Crippen molar-refractivity contribution in [3.63, 3.8) is 0 Å². The van der Waals surface area contributed by atoms with Gasteiger partial charge in [0, 0.05) is 57.1 Å². The molecule has 31 heavy (non-hydrogen) atoms. The predicted octanol–water partition coefficient (Wildman–Crippen LogP) is 6.83. The minimum Gasteiger partial charge on any atom is -0.456 e. The molecule has 0 spiro atoms. The smallest absolute Gasteiger partial charge is 0.160 e. The Morgan fingerprint density at radius 3 is 2.45 bits per heavy atom. The van der Waals surface area contributed by atoms with Gasteiger partial charge < -0.3 is 8.83 Å². The van der Waals surface area contributed by atoms with Gasteiger partial charge >= 0.3 is 0 Å². The van der Waals surface area contributed by atoms with E-state index in [4.69, 9.17) is 8.83 Å². The summed E-state index contributed by atoms with van der Waals surface area (Å²) in [5.41, 5.74) is 5.35. The van der Waals surface area contributed by atoms with Gasteiger partial charge in [-0.05, 0) is 35.7 Å². The van der Waals surface area contributed by atoms with Crippen LogP contribution in [0, 0.1) is 0 Å². The highest BCUT2D eigenvalue weighted by atomic mass is 16.3. The summed E-state index contributed by atoms with van der Waals surface area (Å²) in [6.45, 7) is 0. The highest BCUT2D eigenvalue weighted by Crippen LogP contribution is 2.42. The molecule has 0 aliphatic rings. The molecule has 0 amide bonds. The average Bonchev–Trinajstić information content (AvgIpc) is 3.53. The van der Waals surface area contributed by atoms with Crippen molar-refractivity contribution < 1.29 is 8.83 Å². The highest BCUT2D eigenvalue weighted by Gasteiger charge is 2.20. The van der Waals surface area contributed by atoms with Crippen molar-refractivity contribution in [1.29, 1.82) is 0 Å². The van der Waals surface area contributed by atoms with E-state index >= 15 is 0 Å². The molecule has 0 N–H and O–H groups in total. The first-order valence-electron chi connectivity index (χ1n) is 10.2. The summed E-state index contributed by atoms with van der Waals surface area (Å²) in [5, 5.41) is 7.61. The molecule has 0 aliphatic carbocycles. The summed E-state index contributed by atoms with van der Waals surface area (Å²) in [7, 11) is 0. The van der Waals surface area contributed by atoms with Crippen molar-refractivity contribution in [1.82, 2.24) is 14.4 Å². The zero-order valence-electron chi connectivity index (χ0n) is 16.2. The third kappa shape index (κ3) is 1.78. The minimum atomic E-state index is 0.852. The van der Waals surface area contributed by atoms with Gasteiger partial charge in [-0.3, -0.25) is 9.38 Å². The maximum absolute atomic E-state index is 6.51.